The molecule has 0 spiro atoms. The smallest absolute Gasteiger partial charge is 0.311 e. The summed E-state index contributed by atoms with van der Waals surface area (Å²) in [6.07, 6.45) is 1.46. The maximum Gasteiger partial charge on any atom is 0.311 e. The average molecular weight is 357 g/mol. The third-order valence-electron chi connectivity index (χ3n) is 3.60. The van der Waals surface area contributed by atoms with Gasteiger partial charge in [-0.1, -0.05) is 0 Å². The molecule has 2 heterocycles. The Labute approximate surface area is 149 Å². The lowest BCUT2D eigenvalue weighted by Crippen LogP contribution is -2.16. The highest BCUT2D eigenvalue weighted by atomic mass is 16.6. The lowest BCUT2D eigenvalue weighted by molar-refractivity contribution is -0.385. The van der Waals surface area contributed by atoms with Gasteiger partial charge in [0, 0.05) is 42.7 Å². The van der Waals surface area contributed by atoms with E-state index in [1.54, 1.807) is 23.6 Å². The van der Waals surface area contributed by atoms with Crippen LogP contribution in [0.1, 0.15) is 12.6 Å². The Balaban J connectivity index is 1.62. The zero-order valence-corrected chi connectivity index (χ0v) is 14.5. The number of nitrogens with one attached hydrogen (secondary N) is 2. The third-order valence-corrected chi connectivity index (χ3v) is 3.60. The van der Waals surface area contributed by atoms with Gasteiger partial charge in [-0.15, -0.1) is 0 Å². The molecule has 0 aliphatic rings. The first-order chi connectivity index (χ1) is 12.6. The normalized spacial score (nSPS) is 10.7. The zero-order chi connectivity index (χ0) is 18.5. The lowest BCUT2D eigenvalue weighted by Gasteiger charge is -2.11. The van der Waals surface area contributed by atoms with Crippen molar-refractivity contribution >= 4 is 23.0 Å². The Kier molecular flexibility index (Phi) is 5.11. The number of nitro groups is 1. The van der Waals surface area contributed by atoms with Crippen LogP contribution in [0.3, 0.4) is 0 Å². The number of rotatable bonds is 8. The highest BCUT2D eigenvalue weighted by Crippen LogP contribution is 2.29. The van der Waals surface area contributed by atoms with E-state index in [4.69, 9.17) is 4.74 Å². The van der Waals surface area contributed by atoms with Crippen molar-refractivity contribution in [1.29, 1.82) is 0 Å². The number of ether oxygens (including phenoxy) is 1. The van der Waals surface area contributed by atoms with Crippen LogP contribution < -0.4 is 15.4 Å². The van der Waals surface area contributed by atoms with Gasteiger partial charge in [0.1, 0.15) is 12.1 Å². The highest BCUT2D eigenvalue weighted by Gasteiger charge is 2.15. The van der Waals surface area contributed by atoms with Gasteiger partial charge in [0.2, 0.25) is 0 Å². The molecule has 2 N–H and O–H groups in total. The molecule has 136 valence electrons. The van der Waals surface area contributed by atoms with E-state index in [1.165, 1.54) is 12.4 Å². The fraction of sp³-hybridized carbons (Fsp3) is 0.312. The van der Waals surface area contributed by atoms with Crippen molar-refractivity contribution < 1.29 is 9.66 Å². The number of fused-ring (bicyclic) bond motifs is 1. The summed E-state index contributed by atoms with van der Waals surface area (Å²) >= 11 is 0. The van der Waals surface area contributed by atoms with E-state index in [1.807, 2.05) is 13.0 Å². The molecular weight excluding hydrogens is 338 g/mol. The molecule has 26 heavy (non-hydrogen) atoms. The Hall–Kier alpha value is -3.43. The maximum absolute atomic E-state index is 11.0. The quantitative estimate of drug-likeness (QED) is 0.358. The van der Waals surface area contributed by atoms with Gasteiger partial charge < -0.3 is 15.4 Å². The van der Waals surface area contributed by atoms with Gasteiger partial charge in [-0.05, 0) is 19.9 Å². The van der Waals surface area contributed by atoms with Crippen molar-refractivity contribution in [3.05, 3.63) is 46.4 Å². The van der Waals surface area contributed by atoms with Gasteiger partial charge in [-0.25, -0.2) is 4.98 Å². The van der Waals surface area contributed by atoms with Crippen molar-refractivity contribution in [3.63, 3.8) is 0 Å². The van der Waals surface area contributed by atoms with E-state index in [0.29, 0.717) is 25.5 Å². The van der Waals surface area contributed by atoms with Crippen molar-refractivity contribution in [1.82, 2.24) is 19.6 Å². The van der Waals surface area contributed by atoms with Crippen molar-refractivity contribution in [2.24, 2.45) is 0 Å². The van der Waals surface area contributed by atoms with Crippen molar-refractivity contribution in [3.8, 4) is 5.75 Å². The largest absolute Gasteiger partial charge is 0.487 e. The number of aryl methyl sites for hydroxylation is 1. The number of nitrogens with zero attached hydrogens (tertiary/aromatic N) is 5. The predicted molar refractivity (Wildman–Crippen MR) is 96.8 cm³/mol. The Morgan fingerprint density at radius 1 is 1.27 bits per heavy atom. The summed E-state index contributed by atoms with van der Waals surface area (Å²) < 4.78 is 6.98. The zero-order valence-electron chi connectivity index (χ0n) is 14.5. The fourth-order valence-corrected chi connectivity index (χ4v) is 2.50. The topological polar surface area (TPSA) is 120 Å². The number of hydrogen-bond acceptors (Lipinski definition) is 8. The molecule has 0 aliphatic carbocycles. The molecule has 2 aromatic heterocycles. The number of benzene rings is 1. The molecule has 0 aliphatic heterocycles. The summed E-state index contributed by atoms with van der Waals surface area (Å²) in [5.41, 5.74) is 1.55. The molecule has 0 fully saturated rings. The molecule has 0 amide bonds. The molecule has 3 rings (SSSR count). The summed E-state index contributed by atoms with van der Waals surface area (Å²) in [6.45, 7) is 5.25. The lowest BCUT2D eigenvalue weighted by atomic mass is 10.2. The van der Waals surface area contributed by atoms with Gasteiger partial charge in [0.25, 0.3) is 5.78 Å². The van der Waals surface area contributed by atoms with Crippen molar-refractivity contribution in [2.75, 3.05) is 30.3 Å². The van der Waals surface area contributed by atoms with E-state index in [0.717, 1.165) is 17.2 Å². The molecule has 0 atom stereocenters. The molecule has 0 radical (unpaired) electrons. The summed E-state index contributed by atoms with van der Waals surface area (Å²) in [5, 5.41) is 21.6. The Morgan fingerprint density at radius 2 is 2.08 bits per heavy atom. The fourth-order valence-electron chi connectivity index (χ4n) is 2.50. The number of aromatic nitrogens is 4. The van der Waals surface area contributed by atoms with Gasteiger partial charge in [-0.3, -0.25) is 10.1 Å². The molecular formula is C16H19N7O3. The van der Waals surface area contributed by atoms with Crippen LogP contribution in [0.4, 0.5) is 17.2 Å². The third kappa shape index (κ3) is 3.79. The minimum atomic E-state index is -0.453. The summed E-state index contributed by atoms with van der Waals surface area (Å²) in [5.74, 6) is 1.59. The molecule has 0 bridgehead atoms. The maximum atomic E-state index is 11.0. The first-order valence-corrected chi connectivity index (χ1v) is 8.15. The number of nitro benzene ring substituents is 1. The minimum Gasteiger partial charge on any atom is -0.487 e. The monoisotopic (exact) mass is 357 g/mol. The molecule has 10 nitrogen and oxygen atoms in total. The second-order valence-corrected chi connectivity index (χ2v) is 5.48. The van der Waals surface area contributed by atoms with Crippen LogP contribution in [0.25, 0.3) is 5.78 Å². The van der Waals surface area contributed by atoms with Crippen LogP contribution >= 0.6 is 0 Å². The minimum absolute atomic E-state index is 0.0450. The number of hydrogen-bond donors (Lipinski definition) is 2. The summed E-state index contributed by atoms with van der Waals surface area (Å²) in [7, 11) is 0. The SMILES string of the molecule is CCOc1cc(NCCNc2cc(C)nc3ncnn23)ccc1[N+](=O)[O-]. The van der Waals surface area contributed by atoms with Crippen LogP contribution in [0.15, 0.2) is 30.6 Å². The van der Waals surface area contributed by atoms with E-state index < -0.39 is 4.92 Å². The number of anilines is 2. The van der Waals surface area contributed by atoms with Crippen molar-refractivity contribution in [2.45, 2.75) is 13.8 Å². The van der Waals surface area contributed by atoms with Gasteiger partial charge in [0.05, 0.1) is 11.5 Å². The van der Waals surface area contributed by atoms with Crippen LogP contribution in [0.2, 0.25) is 0 Å². The second kappa shape index (κ2) is 7.64. The molecule has 10 heteroatoms. The van der Waals surface area contributed by atoms with Crippen LogP contribution in [0, 0.1) is 17.0 Å². The van der Waals surface area contributed by atoms with E-state index in [2.05, 4.69) is 25.7 Å². The molecule has 0 saturated carbocycles. The van der Waals surface area contributed by atoms with E-state index in [9.17, 15) is 10.1 Å². The molecule has 1 aromatic carbocycles. The van der Waals surface area contributed by atoms with Crippen LogP contribution in [-0.2, 0) is 0 Å². The van der Waals surface area contributed by atoms with Gasteiger partial charge >= 0.3 is 5.69 Å². The second-order valence-electron chi connectivity index (χ2n) is 5.48. The first kappa shape index (κ1) is 17.4. The Morgan fingerprint density at radius 3 is 2.85 bits per heavy atom. The van der Waals surface area contributed by atoms with Gasteiger partial charge in [0.15, 0.2) is 5.75 Å². The summed E-state index contributed by atoms with van der Waals surface area (Å²) in [6, 6.07) is 6.62. The molecule has 0 unspecified atom stereocenters. The van der Waals surface area contributed by atoms with E-state index >= 15 is 0 Å². The average Bonchev–Trinajstić information content (AvgIpc) is 3.07. The standard InChI is InChI=1S/C16H19N7O3/c1-3-26-14-9-12(4-5-13(14)23(24)25)17-6-7-18-15-8-11(2)21-16-19-10-20-22(15)16/h4-5,8-10,17-18H,3,6-7H2,1-2H3. The molecule has 0 saturated heterocycles. The predicted octanol–water partition coefficient (Wildman–Crippen LogP) is 2.26. The van der Waals surface area contributed by atoms with Crippen LogP contribution in [0.5, 0.6) is 5.75 Å². The van der Waals surface area contributed by atoms with E-state index in [-0.39, 0.29) is 11.4 Å². The summed E-state index contributed by atoms with van der Waals surface area (Å²) in [4.78, 5) is 18.9. The molecule has 3 aromatic rings. The first-order valence-electron chi connectivity index (χ1n) is 8.15. The highest BCUT2D eigenvalue weighted by molar-refractivity contribution is 5.58. The van der Waals surface area contributed by atoms with Crippen LogP contribution in [-0.4, -0.2) is 44.2 Å². The van der Waals surface area contributed by atoms with Gasteiger partial charge in [-0.2, -0.15) is 14.6 Å². The Bertz CT molecular complexity index is 925.